The summed E-state index contributed by atoms with van der Waals surface area (Å²) in [6.45, 7) is 3.78. The Kier molecular flexibility index (Phi) is 5.02. The number of aliphatic hydroxyl groups is 1. The standard InChI is InChI=1S/C24H20F2N6O2/c1-3-20(33)18-4-12(2)16(11-28-18)15-5-13-9-29-21(31-23(34)17-7-24(17,25)26)6-19(13)32-14(8-27)10-30-22(15)32/h4-6,9-11,17,20,33H,3,7H2,1-2H3,(H,29,31,34). The number of pyridine rings is 3. The summed E-state index contributed by atoms with van der Waals surface area (Å²) in [6.07, 6.45) is 4.04. The second-order valence-corrected chi connectivity index (χ2v) is 8.46. The van der Waals surface area contributed by atoms with E-state index >= 15 is 0 Å². The summed E-state index contributed by atoms with van der Waals surface area (Å²) in [7, 11) is 0. The van der Waals surface area contributed by atoms with Crippen LogP contribution in [0.1, 0.15) is 42.8 Å². The first kappa shape index (κ1) is 21.9. The van der Waals surface area contributed by atoms with E-state index in [0.29, 0.717) is 34.2 Å². The molecule has 2 unspecified atom stereocenters. The minimum Gasteiger partial charge on any atom is -0.387 e. The molecule has 1 aliphatic rings. The van der Waals surface area contributed by atoms with Crippen LogP contribution in [0.15, 0.2) is 36.8 Å². The molecule has 10 heteroatoms. The number of amides is 1. The Labute approximate surface area is 192 Å². The number of nitriles is 1. The zero-order valence-electron chi connectivity index (χ0n) is 18.4. The quantitative estimate of drug-likeness (QED) is 0.460. The van der Waals surface area contributed by atoms with Gasteiger partial charge < -0.3 is 10.4 Å². The number of carbonyl (C=O) groups excluding carboxylic acids is 1. The van der Waals surface area contributed by atoms with Crippen LogP contribution in [-0.2, 0) is 4.79 Å². The number of aromatic nitrogens is 4. The van der Waals surface area contributed by atoms with Gasteiger partial charge in [-0.3, -0.25) is 14.2 Å². The van der Waals surface area contributed by atoms with Crippen LogP contribution >= 0.6 is 0 Å². The molecule has 1 amide bonds. The van der Waals surface area contributed by atoms with Crippen LogP contribution in [0.25, 0.3) is 27.7 Å². The van der Waals surface area contributed by atoms with Crippen molar-refractivity contribution in [3.05, 3.63) is 53.7 Å². The molecular weight excluding hydrogens is 442 g/mol. The van der Waals surface area contributed by atoms with E-state index in [1.165, 1.54) is 12.4 Å². The van der Waals surface area contributed by atoms with Crippen LogP contribution in [0.4, 0.5) is 14.6 Å². The van der Waals surface area contributed by atoms with E-state index in [9.17, 15) is 23.9 Å². The van der Waals surface area contributed by atoms with E-state index in [1.54, 1.807) is 16.7 Å². The first-order valence-corrected chi connectivity index (χ1v) is 10.8. The molecule has 0 saturated heterocycles. The van der Waals surface area contributed by atoms with Gasteiger partial charge in [0.25, 0.3) is 5.92 Å². The second-order valence-electron chi connectivity index (χ2n) is 8.46. The van der Waals surface area contributed by atoms with Crippen molar-refractivity contribution in [3.8, 4) is 17.2 Å². The van der Waals surface area contributed by atoms with Gasteiger partial charge in [-0.25, -0.2) is 18.7 Å². The van der Waals surface area contributed by atoms with Crippen LogP contribution in [-0.4, -0.2) is 36.3 Å². The minimum atomic E-state index is -2.98. The molecule has 0 radical (unpaired) electrons. The van der Waals surface area contributed by atoms with E-state index in [-0.39, 0.29) is 11.5 Å². The van der Waals surface area contributed by atoms with Gasteiger partial charge in [0.05, 0.1) is 23.5 Å². The maximum atomic E-state index is 13.2. The Hall–Kier alpha value is -3.97. The fourth-order valence-electron chi connectivity index (χ4n) is 4.07. The average molecular weight is 462 g/mol. The van der Waals surface area contributed by atoms with Gasteiger partial charge in [0.1, 0.15) is 29.1 Å². The number of aliphatic hydroxyl groups excluding tert-OH is 1. The van der Waals surface area contributed by atoms with E-state index in [0.717, 1.165) is 11.1 Å². The predicted octanol–water partition coefficient (Wildman–Crippen LogP) is 4.16. The third-order valence-corrected chi connectivity index (χ3v) is 6.11. The Morgan fingerprint density at radius 2 is 2.03 bits per heavy atom. The summed E-state index contributed by atoms with van der Waals surface area (Å²) in [5.41, 5.74) is 4.25. The van der Waals surface area contributed by atoms with Gasteiger partial charge in [-0.05, 0) is 31.0 Å². The molecule has 34 heavy (non-hydrogen) atoms. The van der Waals surface area contributed by atoms with Crippen molar-refractivity contribution in [3.63, 3.8) is 0 Å². The van der Waals surface area contributed by atoms with Gasteiger partial charge in [-0.15, -0.1) is 0 Å². The number of aryl methyl sites for hydroxylation is 1. The Morgan fingerprint density at radius 3 is 2.68 bits per heavy atom. The van der Waals surface area contributed by atoms with Gasteiger partial charge in [-0.1, -0.05) is 6.92 Å². The molecule has 0 bridgehead atoms. The number of anilines is 1. The number of carbonyl (C=O) groups is 1. The molecule has 0 aromatic carbocycles. The maximum Gasteiger partial charge on any atom is 0.260 e. The van der Waals surface area contributed by atoms with E-state index in [2.05, 4.69) is 26.3 Å². The number of fused-ring (bicyclic) bond motifs is 3. The summed E-state index contributed by atoms with van der Waals surface area (Å²) in [4.78, 5) is 25.2. The first-order valence-electron chi connectivity index (χ1n) is 10.8. The lowest BCUT2D eigenvalue weighted by molar-refractivity contribution is -0.119. The van der Waals surface area contributed by atoms with E-state index < -0.39 is 30.3 Å². The van der Waals surface area contributed by atoms with Gasteiger partial charge in [0.15, 0.2) is 0 Å². The Bertz CT molecular complexity index is 1510. The smallest absolute Gasteiger partial charge is 0.260 e. The topological polar surface area (TPSA) is 116 Å². The summed E-state index contributed by atoms with van der Waals surface area (Å²) in [5, 5.41) is 22.9. The molecule has 5 rings (SSSR count). The number of hydrogen-bond donors (Lipinski definition) is 2. The largest absolute Gasteiger partial charge is 0.387 e. The highest BCUT2D eigenvalue weighted by atomic mass is 19.3. The molecule has 4 aromatic rings. The normalized spacial score (nSPS) is 17.5. The van der Waals surface area contributed by atoms with Gasteiger partial charge >= 0.3 is 0 Å². The second kappa shape index (κ2) is 7.81. The van der Waals surface area contributed by atoms with Gasteiger partial charge in [0, 0.05) is 41.4 Å². The molecule has 172 valence electrons. The predicted molar refractivity (Wildman–Crippen MR) is 120 cm³/mol. The monoisotopic (exact) mass is 462 g/mol. The highest BCUT2D eigenvalue weighted by Gasteiger charge is 2.61. The first-order chi connectivity index (χ1) is 16.2. The molecule has 8 nitrogen and oxygen atoms in total. The minimum absolute atomic E-state index is 0.114. The molecule has 0 aliphatic heterocycles. The van der Waals surface area contributed by atoms with Crippen molar-refractivity contribution < 1.29 is 18.7 Å². The summed E-state index contributed by atoms with van der Waals surface area (Å²) < 4.78 is 28.1. The molecule has 1 fully saturated rings. The van der Waals surface area contributed by atoms with Crippen LogP contribution in [0, 0.1) is 24.2 Å². The fraction of sp³-hybridized carbons (Fsp3) is 0.292. The van der Waals surface area contributed by atoms with E-state index in [1.807, 2.05) is 26.0 Å². The fourth-order valence-corrected chi connectivity index (χ4v) is 4.07. The number of alkyl halides is 2. The SMILES string of the molecule is CCC(O)c1cc(C)c(-c2cc3cnc(NC(=O)C4CC4(F)F)cc3n3c(C#N)cnc23)cn1. The van der Waals surface area contributed by atoms with Gasteiger partial charge in [-0.2, -0.15) is 5.26 Å². The molecular formula is C24H20F2N6O2. The number of rotatable bonds is 5. The van der Waals surface area contributed by atoms with Crippen LogP contribution in [0.3, 0.4) is 0 Å². The molecule has 4 heterocycles. The van der Waals surface area contributed by atoms with Crippen molar-refractivity contribution in [1.29, 1.82) is 5.26 Å². The van der Waals surface area contributed by atoms with Crippen molar-refractivity contribution in [1.82, 2.24) is 19.4 Å². The number of nitrogens with one attached hydrogen (secondary N) is 1. The molecule has 2 N–H and O–H groups in total. The lowest BCUT2D eigenvalue weighted by Gasteiger charge is -2.14. The lowest BCUT2D eigenvalue weighted by atomic mass is 10.0. The van der Waals surface area contributed by atoms with Crippen LogP contribution in [0.2, 0.25) is 0 Å². The average Bonchev–Trinajstić information content (AvgIpc) is 3.26. The summed E-state index contributed by atoms with van der Waals surface area (Å²) in [5.74, 6) is -5.00. The number of halogens is 2. The van der Waals surface area contributed by atoms with E-state index in [4.69, 9.17) is 0 Å². The lowest BCUT2D eigenvalue weighted by Crippen LogP contribution is -2.18. The molecule has 2 atom stereocenters. The van der Waals surface area contributed by atoms with Crippen molar-refractivity contribution in [2.45, 2.75) is 38.7 Å². The number of hydrogen-bond acceptors (Lipinski definition) is 6. The summed E-state index contributed by atoms with van der Waals surface area (Å²) >= 11 is 0. The van der Waals surface area contributed by atoms with Gasteiger partial charge in [0.2, 0.25) is 5.91 Å². The molecule has 0 spiro atoms. The van der Waals surface area contributed by atoms with Crippen molar-refractivity contribution in [2.24, 2.45) is 5.92 Å². The zero-order chi connectivity index (χ0) is 24.2. The summed E-state index contributed by atoms with van der Waals surface area (Å²) in [6, 6.07) is 7.33. The maximum absolute atomic E-state index is 13.2. The van der Waals surface area contributed by atoms with Crippen molar-refractivity contribution >= 4 is 28.3 Å². The number of imidazole rings is 1. The molecule has 4 aromatic heterocycles. The molecule has 1 saturated carbocycles. The third-order valence-electron chi connectivity index (χ3n) is 6.11. The van der Waals surface area contributed by atoms with Crippen molar-refractivity contribution in [2.75, 3.05) is 5.32 Å². The number of nitrogens with zero attached hydrogens (tertiary/aromatic N) is 5. The highest BCUT2D eigenvalue weighted by molar-refractivity contribution is 5.97. The zero-order valence-corrected chi connectivity index (χ0v) is 18.4. The third kappa shape index (κ3) is 3.54. The Balaban J connectivity index is 1.63. The molecule has 1 aliphatic carbocycles. The van der Waals surface area contributed by atoms with Crippen LogP contribution < -0.4 is 5.32 Å². The Morgan fingerprint density at radius 1 is 1.26 bits per heavy atom. The van der Waals surface area contributed by atoms with Crippen LogP contribution in [0.5, 0.6) is 0 Å². The highest BCUT2D eigenvalue weighted by Crippen LogP contribution is 2.49.